The van der Waals surface area contributed by atoms with Crippen molar-refractivity contribution in [1.29, 1.82) is 0 Å². The molecular formula is C15H22N2O. The Morgan fingerprint density at radius 1 is 1.22 bits per heavy atom. The number of nitrogens with two attached hydrogens (primary N) is 1. The molecule has 0 spiro atoms. The van der Waals surface area contributed by atoms with Gasteiger partial charge >= 0.3 is 0 Å². The van der Waals surface area contributed by atoms with Gasteiger partial charge in [0, 0.05) is 31.4 Å². The zero-order valence-corrected chi connectivity index (χ0v) is 10.8. The van der Waals surface area contributed by atoms with Crippen molar-refractivity contribution in [2.75, 3.05) is 24.6 Å². The van der Waals surface area contributed by atoms with Crippen LogP contribution in [0, 0.1) is 0 Å². The zero-order valence-electron chi connectivity index (χ0n) is 10.8. The van der Waals surface area contributed by atoms with Crippen molar-refractivity contribution < 1.29 is 4.74 Å². The molecule has 1 fully saturated rings. The van der Waals surface area contributed by atoms with Crippen LogP contribution in [0.15, 0.2) is 24.3 Å². The van der Waals surface area contributed by atoms with Crippen molar-refractivity contribution in [3.63, 3.8) is 0 Å². The van der Waals surface area contributed by atoms with Gasteiger partial charge in [-0.1, -0.05) is 18.2 Å². The molecule has 2 atom stereocenters. The van der Waals surface area contributed by atoms with Gasteiger partial charge in [-0.15, -0.1) is 0 Å². The number of nitrogens with zero attached hydrogens (tertiary/aromatic N) is 1. The normalized spacial score (nSPS) is 27.9. The smallest absolute Gasteiger partial charge is 0.0750 e. The van der Waals surface area contributed by atoms with Crippen molar-refractivity contribution in [3.05, 3.63) is 29.8 Å². The second-order valence-electron chi connectivity index (χ2n) is 5.39. The van der Waals surface area contributed by atoms with E-state index in [0.29, 0.717) is 6.10 Å². The van der Waals surface area contributed by atoms with E-state index >= 15 is 0 Å². The lowest BCUT2D eigenvalue weighted by Crippen LogP contribution is -2.32. The number of hydrogen-bond donors (Lipinski definition) is 1. The molecule has 0 bridgehead atoms. The average Bonchev–Trinajstić information content (AvgIpc) is 2.85. The summed E-state index contributed by atoms with van der Waals surface area (Å²) >= 11 is 0. The van der Waals surface area contributed by atoms with Crippen LogP contribution in [0.3, 0.4) is 0 Å². The third-order valence-electron chi connectivity index (χ3n) is 4.07. The fraction of sp³-hybridized carbons (Fsp3) is 0.600. The number of fused-ring (bicyclic) bond motifs is 1. The minimum Gasteiger partial charge on any atom is -0.376 e. The average molecular weight is 246 g/mol. The Hall–Kier alpha value is -1.06. The predicted molar refractivity (Wildman–Crippen MR) is 73.8 cm³/mol. The second kappa shape index (κ2) is 5.29. The number of anilines is 1. The SMILES string of the molecule is NC1CCCN(CC2CCCO2)c2ccccc21. The lowest BCUT2D eigenvalue weighted by Gasteiger charge is -2.27. The lowest BCUT2D eigenvalue weighted by atomic mass is 10.0. The highest BCUT2D eigenvalue weighted by Crippen LogP contribution is 2.32. The van der Waals surface area contributed by atoms with Gasteiger partial charge in [0.05, 0.1) is 6.10 Å². The van der Waals surface area contributed by atoms with Crippen LogP contribution in [0.25, 0.3) is 0 Å². The molecule has 0 aromatic heterocycles. The topological polar surface area (TPSA) is 38.5 Å². The first-order valence-corrected chi connectivity index (χ1v) is 7.05. The summed E-state index contributed by atoms with van der Waals surface area (Å²) in [6.45, 7) is 3.05. The Morgan fingerprint density at radius 2 is 2.11 bits per heavy atom. The summed E-state index contributed by atoms with van der Waals surface area (Å²) in [6, 6.07) is 8.77. The van der Waals surface area contributed by atoms with Gasteiger partial charge in [-0.3, -0.25) is 0 Å². The third kappa shape index (κ3) is 2.38. The molecule has 0 radical (unpaired) electrons. The predicted octanol–water partition coefficient (Wildman–Crippen LogP) is 2.47. The molecule has 2 aliphatic heterocycles. The molecule has 3 nitrogen and oxygen atoms in total. The van der Waals surface area contributed by atoms with Gasteiger partial charge in [-0.2, -0.15) is 0 Å². The Kier molecular flexibility index (Phi) is 3.52. The summed E-state index contributed by atoms with van der Waals surface area (Å²) in [4.78, 5) is 2.47. The van der Waals surface area contributed by atoms with Crippen molar-refractivity contribution in [3.8, 4) is 0 Å². The van der Waals surface area contributed by atoms with Crippen LogP contribution in [0.5, 0.6) is 0 Å². The highest BCUT2D eigenvalue weighted by atomic mass is 16.5. The molecule has 3 rings (SSSR count). The summed E-state index contributed by atoms with van der Waals surface area (Å²) in [5.41, 5.74) is 8.88. The minimum atomic E-state index is 0.190. The fourth-order valence-corrected chi connectivity index (χ4v) is 3.09. The largest absolute Gasteiger partial charge is 0.376 e. The van der Waals surface area contributed by atoms with Crippen LogP contribution < -0.4 is 10.6 Å². The Bertz CT molecular complexity index is 401. The first kappa shape index (κ1) is 12.0. The third-order valence-corrected chi connectivity index (χ3v) is 4.07. The van der Waals surface area contributed by atoms with Gasteiger partial charge in [0.25, 0.3) is 0 Å². The van der Waals surface area contributed by atoms with Crippen LogP contribution in [0.2, 0.25) is 0 Å². The Morgan fingerprint density at radius 3 is 2.94 bits per heavy atom. The molecule has 3 heteroatoms. The second-order valence-corrected chi connectivity index (χ2v) is 5.39. The summed E-state index contributed by atoms with van der Waals surface area (Å²) in [7, 11) is 0. The first-order valence-electron chi connectivity index (χ1n) is 7.05. The van der Waals surface area contributed by atoms with E-state index in [0.717, 1.165) is 26.1 Å². The number of ether oxygens (including phenoxy) is 1. The molecular weight excluding hydrogens is 224 g/mol. The van der Waals surface area contributed by atoms with E-state index in [2.05, 4.69) is 29.2 Å². The number of rotatable bonds is 2. The molecule has 98 valence electrons. The van der Waals surface area contributed by atoms with E-state index in [-0.39, 0.29) is 6.04 Å². The van der Waals surface area contributed by atoms with Crippen LogP contribution in [0.1, 0.15) is 37.3 Å². The highest BCUT2D eigenvalue weighted by Gasteiger charge is 2.24. The van der Waals surface area contributed by atoms with E-state index < -0.39 is 0 Å². The number of benzene rings is 1. The van der Waals surface area contributed by atoms with Crippen molar-refractivity contribution in [2.24, 2.45) is 5.73 Å². The van der Waals surface area contributed by atoms with E-state index in [1.165, 1.54) is 30.5 Å². The van der Waals surface area contributed by atoms with E-state index in [1.807, 2.05) is 0 Å². The Labute approximate surface area is 109 Å². The van der Waals surface area contributed by atoms with Gasteiger partial charge in [0.1, 0.15) is 0 Å². The van der Waals surface area contributed by atoms with Crippen LogP contribution >= 0.6 is 0 Å². The van der Waals surface area contributed by atoms with Crippen LogP contribution in [0.4, 0.5) is 5.69 Å². The lowest BCUT2D eigenvalue weighted by molar-refractivity contribution is 0.115. The first-order chi connectivity index (χ1) is 8.84. The summed E-state index contributed by atoms with van der Waals surface area (Å²) in [6.07, 6.45) is 5.07. The summed E-state index contributed by atoms with van der Waals surface area (Å²) in [5, 5.41) is 0. The summed E-state index contributed by atoms with van der Waals surface area (Å²) < 4.78 is 5.77. The molecule has 0 saturated carbocycles. The monoisotopic (exact) mass is 246 g/mol. The Balaban J connectivity index is 1.82. The van der Waals surface area contributed by atoms with E-state index in [9.17, 15) is 0 Å². The summed E-state index contributed by atoms with van der Waals surface area (Å²) in [5.74, 6) is 0. The van der Waals surface area contributed by atoms with Crippen molar-refractivity contribution >= 4 is 5.69 Å². The molecule has 1 aromatic carbocycles. The molecule has 2 heterocycles. The van der Waals surface area contributed by atoms with Gasteiger partial charge in [0.15, 0.2) is 0 Å². The highest BCUT2D eigenvalue weighted by molar-refractivity contribution is 5.55. The molecule has 2 N–H and O–H groups in total. The van der Waals surface area contributed by atoms with Crippen molar-refractivity contribution in [2.45, 2.75) is 37.8 Å². The van der Waals surface area contributed by atoms with Gasteiger partial charge in [-0.05, 0) is 37.3 Å². The van der Waals surface area contributed by atoms with E-state index in [1.54, 1.807) is 0 Å². The van der Waals surface area contributed by atoms with Crippen molar-refractivity contribution in [1.82, 2.24) is 0 Å². The van der Waals surface area contributed by atoms with E-state index in [4.69, 9.17) is 10.5 Å². The van der Waals surface area contributed by atoms with Gasteiger partial charge in [0.2, 0.25) is 0 Å². The molecule has 2 unspecified atom stereocenters. The standard InChI is InChI=1S/C15H22N2O/c16-14-7-3-9-17(11-12-5-4-10-18-12)15-8-2-1-6-13(14)15/h1-2,6,8,12,14H,3-5,7,9-11,16H2. The quantitative estimate of drug-likeness (QED) is 0.871. The maximum absolute atomic E-state index is 6.26. The zero-order chi connectivity index (χ0) is 12.4. The van der Waals surface area contributed by atoms with Gasteiger partial charge in [-0.25, -0.2) is 0 Å². The fourth-order valence-electron chi connectivity index (χ4n) is 3.09. The molecule has 2 aliphatic rings. The number of para-hydroxylation sites is 1. The molecule has 1 saturated heterocycles. The maximum Gasteiger partial charge on any atom is 0.0750 e. The van der Waals surface area contributed by atoms with Gasteiger partial charge < -0.3 is 15.4 Å². The molecule has 0 amide bonds. The number of hydrogen-bond acceptors (Lipinski definition) is 3. The molecule has 18 heavy (non-hydrogen) atoms. The molecule has 0 aliphatic carbocycles. The van der Waals surface area contributed by atoms with Crippen LogP contribution in [-0.2, 0) is 4.74 Å². The van der Waals surface area contributed by atoms with Crippen LogP contribution in [-0.4, -0.2) is 25.8 Å². The minimum absolute atomic E-state index is 0.190. The maximum atomic E-state index is 6.26. The molecule has 1 aromatic rings.